The number of hydrogen-bond acceptors (Lipinski definition) is 3. The molecule has 3 heteroatoms. The van der Waals surface area contributed by atoms with Crippen molar-refractivity contribution in [2.45, 2.75) is 26.0 Å². The summed E-state index contributed by atoms with van der Waals surface area (Å²) in [5, 5.41) is 13.8. The van der Waals surface area contributed by atoms with Crippen LogP contribution in [0.4, 0.5) is 0 Å². The topological polar surface area (TPSA) is 45.2 Å². The summed E-state index contributed by atoms with van der Waals surface area (Å²) in [5.41, 5.74) is 2.43. The molecule has 0 aliphatic heterocycles. The minimum atomic E-state index is -0.859. The van der Waals surface area contributed by atoms with Gasteiger partial charge in [0.15, 0.2) is 0 Å². The highest BCUT2D eigenvalue weighted by Gasteiger charge is 2.21. The van der Waals surface area contributed by atoms with Crippen LogP contribution in [-0.2, 0) is 12.1 Å². The summed E-state index contributed by atoms with van der Waals surface area (Å²) in [6.45, 7) is 5.12. The Morgan fingerprint density at radius 1 is 1.21 bits per heavy atom. The molecule has 2 N–H and O–H groups in total. The third-order valence-electron chi connectivity index (χ3n) is 3.32. The van der Waals surface area contributed by atoms with Gasteiger partial charge in [0.2, 0.25) is 0 Å². The van der Waals surface area contributed by atoms with E-state index in [4.69, 9.17) is 0 Å². The minimum absolute atomic E-state index is 0.513. The summed E-state index contributed by atoms with van der Waals surface area (Å²) in [6, 6.07) is 11.7. The van der Waals surface area contributed by atoms with Crippen molar-refractivity contribution in [2.75, 3.05) is 6.54 Å². The lowest BCUT2D eigenvalue weighted by molar-refractivity contribution is 0.0566. The molecule has 1 unspecified atom stereocenters. The zero-order valence-corrected chi connectivity index (χ0v) is 11.4. The van der Waals surface area contributed by atoms with Gasteiger partial charge in [-0.05, 0) is 36.6 Å². The van der Waals surface area contributed by atoms with Gasteiger partial charge in [0.1, 0.15) is 0 Å². The monoisotopic (exact) mass is 256 g/mol. The first-order valence-electron chi connectivity index (χ1n) is 6.48. The molecule has 0 radical (unpaired) electrons. The van der Waals surface area contributed by atoms with Crippen LogP contribution in [-0.4, -0.2) is 16.6 Å². The van der Waals surface area contributed by atoms with E-state index in [9.17, 15) is 5.11 Å². The smallest absolute Gasteiger partial charge is 0.0992 e. The third-order valence-corrected chi connectivity index (χ3v) is 3.32. The molecule has 0 saturated carbocycles. The lowest BCUT2D eigenvalue weighted by atomic mass is 9.96. The first-order chi connectivity index (χ1) is 9.09. The van der Waals surface area contributed by atoms with Gasteiger partial charge < -0.3 is 10.4 Å². The lowest BCUT2D eigenvalue weighted by Gasteiger charge is -2.24. The molecule has 1 aromatic carbocycles. The molecular weight excluding hydrogens is 236 g/mol. The fourth-order valence-electron chi connectivity index (χ4n) is 2.04. The number of aromatic nitrogens is 1. The van der Waals surface area contributed by atoms with Gasteiger partial charge in [-0.3, -0.25) is 4.98 Å². The highest BCUT2D eigenvalue weighted by molar-refractivity contribution is 5.23. The SMILES string of the molecule is Cc1cnccc1CNCC(C)(O)c1ccccc1. The number of hydrogen-bond donors (Lipinski definition) is 2. The molecule has 100 valence electrons. The number of aryl methyl sites for hydroxylation is 1. The van der Waals surface area contributed by atoms with Gasteiger partial charge in [0.05, 0.1) is 5.60 Å². The normalized spacial score (nSPS) is 14.1. The maximum Gasteiger partial charge on any atom is 0.0992 e. The van der Waals surface area contributed by atoms with Gasteiger partial charge in [-0.25, -0.2) is 0 Å². The zero-order chi connectivity index (χ0) is 13.7. The van der Waals surface area contributed by atoms with Crippen molar-refractivity contribution in [2.24, 2.45) is 0 Å². The molecule has 0 aliphatic rings. The molecular formula is C16H20N2O. The molecule has 1 heterocycles. The van der Waals surface area contributed by atoms with Crippen LogP contribution in [0.15, 0.2) is 48.8 Å². The molecule has 1 aromatic heterocycles. The molecule has 0 saturated heterocycles. The zero-order valence-electron chi connectivity index (χ0n) is 11.4. The minimum Gasteiger partial charge on any atom is -0.384 e. The Morgan fingerprint density at radius 3 is 2.63 bits per heavy atom. The van der Waals surface area contributed by atoms with E-state index in [0.29, 0.717) is 6.54 Å². The Kier molecular flexibility index (Phi) is 4.30. The van der Waals surface area contributed by atoms with Gasteiger partial charge in [0.25, 0.3) is 0 Å². The predicted octanol–water partition coefficient (Wildman–Crippen LogP) is 2.39. The molecule has 1 atom stereocenters. The molecule has 0 spiro atoms. The Bertz CT molecular complexity index is 523. The summed E-state index contributed by atoms with van der Waals surface area (Å²) in [6.07, 6.45) is 3.64. The Hall–Kier alpha value is -1.71. The Balaban J connectivity index is 1.94. The van der Waals surface area contributed by atoms with E-state index in [2.05, 4.69) is 10.3 Å². The molecule has 19 heavy (non-hydrogen) atoms. The summed E-state index contributed by atoms with van der Waals surface area (Å²) in [7, 11) is 0. The van der Waals surface area contributed by atoms with Gasteiger partial charge >= 0.3 is 0 Å². The molecule has 0 amide bonds. The number of nitrogens with one attached hydrogen (secondary N) is 1. The first-order valence-corrected chi connectivity index (χ1v) is 6.48. The van der Waals surface area contributed by atoms with E-state index >= 15 is 0 Å². The quantitative estimate of drug-likeness (QED) is 0.863. The summed E-state index contributed by atoms with van der Waals surface area (Å²) in [4.78, 5) is 4.07. The number of aliphatic hydroxyl groups is 1. The van der Waals surface area contributed by atoms with Crippen LogP contribution in [0.5, 0.6) is 0 Å². The number of benzene rings is 1. The van der Waals surface area contributed by atoms with Crippen molar-refractivity contribution in [3.8, 4) is 0 Å². The molecule has 2 aromatic rings. The summed E-state index contributed by atoms with van der Waals surface area (Å²) < 4.78 is 0. The number of rotatable bonds is 5. The summed E-state index contributed by atoms with van der Waals surface area (Å²) in [5.74, 6) is 0. The van der Waals surface area contributed by atoms with Crippen LogP contribution in [0.1, 0.15) is 23.6 Å². The van der Waals surface area contributed by atoms with Gasteiger partial charge in [-0.1, -0.05) is 30.3 Å². The predicted molar refractivity (Wildman–Crippen MR) is 76.7 cm³/mol. The van der Waals surface area contributed by atoms with E-state index < -0.39 is 5.60 Å². The fraction of sp³-hybridized carbons (Fsp3) is 0.312. The maximum atomic E-state index is 10.5. The third kappa shape index (κ3) is 3.63. The lowest BCUT2D eigenvalue weighted by Crippen LogP contribution is -2.35. The van der Waals surface area contributed by atoms with E-state index in [-0.39, 0.29) is 0 Å². The molecule has 0 aliphatic carbocycles. The van der Waals surface area contributed by atoms with Crippen LogP contribution in [0, 0.1) is 6.92 Å². The summed E-state index contributed by atoms with van der Waals surface area (Å²) >= 11 is 0. The van der Waals surface area contributed by atoms with E-state index in [1.165, 1.54) is 5.56 Å². The highest BCUT2D eigenvalue weighted by Crippen LogP contribution is 2.19. The van der Waals surface area contributed by atoms with Gasteiger partial charge in [-0.15, -0.1) is 0 Å². The largest absolute Gasteiger partial charge is 0.384 e. The second kappa shape index (κ2) is 5.95. The molecule has 2 rings (SSSR count). The Morgan fingerprint density at radius 2 is 1.95 bits per heavy atom. The van der Waals surface area contributed by atoms with Crippen molar-refractivity contribution in [3.05, 3.63) is 65.5 Å². The standard InChI is InChI=1S/C16H20N2O/c1-13-10-17-9-8-14(13)11-18-12-16(2,19)15-6-4-3-5-7-15/h3-10,18-19H,11-12H2,1-2H3. The second-order valence-corrected chi connectivity index (χ2v) is 5.05. The van der Waals surface area contributed by atoms with E-state index in [1.54, 1.807) is 6.20 Å². The molecule has 0 fully saturated rings. The van der Waals surface area contributed by atoms with Gasteiger partial charge in [-0.2, -0.15) is 0 Å². The van der Waals surface area contributed by atoms with Crippen LogP contribution < -0.4 is 5.32 Å². The first kappa shape index (κ1) is 13.7. The van der Waals surface area contributed by atoms with Crippen LogP contribution >= 0.6 is 0 Å². The number of pyridine rings is 1. The van der Waals surface area contributed by atoms with Crippen LogP contribution in [0.2, 0.25) is 0 Å². The van der Waals surface area contributed by atoms with Crippen molar-refractivity contribution in [1.82, 2.24) is 10.3 Å². The molecule has 3 nitrogen and oxygen atoms in total. The van der Waals surface area contributed by atoms with Crippen molar-refractivity contribution >= 4 is 0 Å². The fourth-order valence-corrected chi connectivity index (χ4v) is 2.04. The average Bonchev–Trinajstić information content (AvgIpc) is 2.42. The van der Waals surface area contributed by atoms with Crippen molar-refractivity contribution in [1.29, 1.82) is 0 Å². The maximum absolute atomic E-state index is 10.5. The van der Waals surface area contributed by atoms with Crippen molar-refractivity contribution < 1.29 is 5.11 Å². The van der Waals surface area contributed by atoms with E-state index in [0.717, 1.165) is 17.7 Å². The van der Waals surface area contributed by atoms with Gasteiger partial charge in [0, 0.05) is 25.5 Å². The van der Waals surface area contributed by atoms with Crippen LogP contribution in [0.3, 0.4) is 0 Å². The highest BCUT2D eigenvalue weighted by atomic mass is 16.3. The average molecular weight is 256 g/mol. The van der Waals surface area contributed by atoms with E-state index in [1.807, 2.05) is 56.4 Å². The molecule has 0 bridgehead atoms. The number of nitrogens with zero attached hydrogens (tertiary/aromatic N) is 1. The van der Waals surface area contributed by atoms with Crippen molar-refractivity contribution in [3.63, 3.8) is 0 Å². The Labute approximate surface area is 114 Å². The van der Waals surface area contributed by atoms with Crippen LogP contribution in [0.25, 0.3) is 0 Å². The second-order valence-electron chi connectivity index (χ2n) is 5.05.